The molecule has 0 unspecified atom stereocenters. The van der Waals surface area contributed by atoms with Gasteiger partial charge in [-0.25, -0.2) is 0 Å². The van der Waals surface area contributed by atoms with Gasteiger partial charge in [-0.2, -0.15) is 0 Å². The van der Waals surface area contributed by atoms with Crippen LogP contribution in [0.25, 0.3) is 10.8 Å². The molecule has 0 bridgehead atoms. The van der Waals surface area contributed by atoms with Crippen LogP contribution in [0.15, 0.2) is 72.8 Å². The monoisotopic (exact) mass is 260 g/mol. The fourth-order valence-electron chi connectivity index (χ4n) is 2.49. The quantitative estimate of drug-likeness (QED) is 0.626. The molecule has 0 aliphatic rings. The summed E-state index contributed by atoms with van der Waals surface area (Å²) < 4.78 is 0. The molecule has 0 N–H and O–H groups in total. The van der Waals surface area contributed by atoms with Crippen molar-refractivity contribution < 1.29 is 0 Å². The number of rotatable bonds is 3. The average molecular weight is 260 g/mol. The third kappa shape index (κ3) is 2.61. The zero-order valence-corrected chi connectivity index (χ0v) is 12.0. The smallest absolute Gasteiger partial charge is 0.0636 e. The predicted molar refractivity (Wildman–Crippen MR) is 84.2 cm³/mol. The summed E-state index contributed by atoms with van der Waals surface area (Å²) in [6.07, 6.45) is 0. The molecule has 1 heteroatoms. The highest BCUT2D eigenvalue weighted by molar-refractivity contribution is 6.55. The van der Waals surface area contributed by atoms with E-state index in [1.165, 1.54) is 21.5 Å². The molecule has 0 aromatic heterocycles. The molecule has 3 aromatic rings. The molecular formula is C18H16Si. The first kappa shape index (κ1) is 12.2. The van der Waals surface area contributed by atoms with Crippen LogP contribution in [0.4, 0.5) is 0 Å². The summed E-state index contributed by atoms with van der Waals surface area (Å²) in [6.45, 7) is 2.33. The van der Waals surface area contributed by atoms with E-state index in [-0.39, 0.29) is 0 Å². The van der Waals surface area contributed by atoms with Crippen LogP contribution in [-0.2, 0) is 0 Å². The van der Waals surface area contributed by atoms with Gasteiger partial charge >= 0.3 is 0 Å². The second-order valence-corrected chi connectivity index (χ2v) is 6.53. The van der Waals surface area contributed by atoms with Gasteiger partial charge in [0.25, 0.3) is 0 Å². The molecule has 0 nitrogen and oxygen atoms in total. The van der Waals surface area contributed by atoms with Crippen LogP contribution in [0.3, 0.4) is 0 Å². The van der Waals surface area contributed by atoms with Gasteiger partial charge in [-0.05, 0) is 21.9 Å². The average Bonchev–Trinajstić information content (AvgIpc) is 2.47. The lowest BCUT2D eigenvalue weighted by Crippen LogP contribution is -2.19. The van der Waals surface area contributed by atoms with Crippen LogP contribution in [0, 0.1) is 0 Å². The minimum absolute atomic E-state index is 0.563. The van der Waals surface area contributed by atoms with E-state index in [1.807, 2.05) is 0 Å². The lowest BCUT2D eigenvalue weighted by atomic mass is 10.0. The van der Waals surface area contributed by atoms with E-state index in [4.69, 9.17) is 0 Å². The molecule has 0 aliphatic heterocycles. The number of fused-ring (bicyclic) bond motifs is 1. The van der Waals surface area contributed by atoms with Crippen molar-refractivity contribution in [1.82, 2.24) is 0 Å². The minimum Gasteiger partial charge on any atom is -0.0636 e. The van der Waals surface area contributed by atoms with E-state index >= 15 is 0 Å². The molecule has 0 saturated heterocycles. The van der Waals surface area contributed by atoms with Gasteiger partial charge in [0.15, 0.2) is 0 Å². The van der Waals surface area contributed by atoms with Crippen molar-refractivity contribution in [1.29, 1.82) is 0 Å². The first-order valence-electron chi connectivity index (χ1n) is 6.64. The zero-order valence-electron chi connectivity index (χ0n) is 11.0. The summed E-state index contributed by atoms with van der Waals surface area (Å²) in [7, 11) is 0.819. The molecule has 0 fully saturated rings. The van der Waals surface area contributed by atoms with Crippen molar-refractivity contribution in [2.24, 2.45) is 0 Å². The van der Waals surface area contributed by atoms with Crippen LogP contribution in [0.1, 0.15) is 18.0 Å². The van der Waals surface area contributed by atoms with Crippen LogP contribution < -0.4 is 5.19 Å². The lowest BCUT2D eigenvalue weighted by molar-refractivity contribution is 1.09. The van der Waals surface area contributed by atoms with Crippen molar-refractivity contribution in [3.05, 3.63) is 78.4 Å². The van der Waals surface area contributed by atoms with Gasteiger partial charge in [0.2, 0.25) is 0 Å². The second kappa shape index (κ2) is 5.41. The summed E-state index contributed by atoms with van der Waals surface area (Å²) in [5.41, 5.74) is 2.02. The Hall–Kier alpha value is -1.86. The molecule has 19 heavy (non-hydrogen) atoms. The van der Waals surface area contributed by atoms with E-state index in [9.17, 15) is 0 Å². The topological polar surface area (TPSA) is 0 Å². The Morgan fingerprint density at radius 1 is 0.737 bits per heavy atom. The fourth-order valence-corrected chi connectivity index (χ4v) is 3.78. The fraction of sp³-hybridized carbons (Fsp3) is 0.111. The summed E-state index contributed by atoms with van der Waals surface area (Å²) in [5, 5.41) is 4.16. The highest BCUT2D eigenvalue weighted by Gasteiger charge is 2.10. The molecule has 0 aliphatic carbocycles. The Labute approximate surface area is 116 Å². The Morgan fingerprint density at radius 3 is 2.26 bits per heavy atom. The van der Waals surface area contributed by atoms with Gasteiger partial charge in [-0.1, -0.05) is 84.9 Å². The van der Waals surface area contributed by atoms with E-state index in [2.05, 4.69) is 79.7 Å². The minimum atomic E-state index is 0.563. The van der Waals surface area contributed by atoms with Gasteiger partial charge in [-0.15, -0.1) is 0 Å². The molecule has 0 spiro atoms. The van der Waals surface area contributed by atoms with Gasteiger partial charge in [0.05, 0.1) is 9.52 Å². The van der Waals surface area contributed by atoms with Gasteiger partial charge in [0.1, 0.15) is 0 Å². The van der Waals surface area contributed by atoms with Crippen molar-refractivity contribution >= 4 is 25.5 Å². The zero-order chi connectivity index (χ0) is 13.1. The highest BCUT2D eigenvalue weighted by Crippen LogP contribution is 2.24. The first-order valence-corrected chi connectivity index (χ1v) is 7.71. The molecule has 0 heterocycles. The van der Waals surface area contributed by atoms with Crippen molar-refractivity contribution in [2.45, 2.75) is 12.5 Å². The molecule has 0 amide bonds. The predicted octanol–water partition coefficient (Wildman–Crippen LogP) is 3.93. The Balaban J connectivity index is 1.96. The summed E-state index contributed by atoms with van der Waals surface area (Å²) in [4.78, 5) is 0. The van der Waals surface area contributed by atoms with E-state index in [0.29, 0.717) is 5.54 Å². The van der Waals surface area contributed by atoms with Crippen molar-refractivity contribution in [3.63, 3.8) is 0 Å². The maximum Gasteiger partial charge on any atom is 0.0887 e. The Kier molecular flexibility index (Phi) is 3.47. The SMILES string of the molecule is C[C@H]([Si]c1ccccc1)c1cccc2ccccc12. The van der Waals surface area contributed by atoms with Gasteiger partial charge in [-0.3, -0.25) is 0 Å². The molecule has 1 atom stereocenters. The highest BCUT2D eigenvalue weighted by atomic mass is 28.2. The van der Waals surface area contributed by atoms with Crippen LogP contribution >= 0.6 is 0 Å². The molecule has 92 valence electrons. The van der Waals surface area contributed by atoms with Crippen LogP contribution in [-0.4, -0.2) is 9.52 Å². The van der Waals surface area contributed by atoms with Crippen molar-refractivity contribution in [2.75, 3.05) is 0 Å². The van der Waals surface area contributed by atoms with E-state index < -0.39 is 0 Å². The summed E-state index contributed by atoms with van der Waals surface area (Å²) in [6, 6.07) is 26.1. The third-order valence-corrected chi connectivity index (χ3v) is 4.86. The van der Waals surface area contributed by atoms with Gasteiger partial charge in [0, 0.05) is 0 Å². The lowest BCUT2D eigenvalue weighted by Gasteiger charge is -2.14. The van der Waals surface area contributed by atoms with Crippen molar-refractivity contribution in [3.8, 4) is 0 Å². The standard InChI is InChI=1S/C18H16Si/c1-14(19-16-10-3-2-4-11-16)17-13-7-9-15-8-5-6-12-18(15)17/h2-14H,1H3/t14-/m0/s1. The molecule has 2 radical (unpaired) electrons. The van der Waals surface area contributed by atoms with Crippen LogP contribution in [0.5, 0.6) is 0 Å². The molecule has 3 rings (SSSR count). The summed E-state index contributed by atoms with van der Waals surface area (Å²) in [5.74, 6) is 0. The molecule has 3 aromatic carbocycles. The normalized spacial score (nSPS) is 12.5. The van der Waals surface area contributed by atoms with Gasteiger partial charge < -0.3 is 0 Å². The largest absolute Gasteiger partial charge is 0.0887 e. The Bertz CT molecular complexity index is 668. The number of hydrogen-bond acceptors (Lipinski definition) is 0. The number of benzene rings is 3. The number of hydrogen-bond donors (Lipinski definition) is 0. The maximum atomic E-state index is 2.33. The Morgan fingerprint density at radius 2 is 1.42 bits per heavy atom. The van der Waals surface area contributed by atoms with E-state index in [0.717, 1.165) is 9.52 Å². The molecule has 0 saturated carbocycles. The maximum absolute atomic E-state index is 2.33. The molecular weight excluding hydrogens is 244 g/mol. The third-order valence-electron chi connectivity index (χ3n) is 3.45. The van der Waals surface area contributed by atoms with Crippen LogP contribution in [0.2, 0.25) is 0 Å². The van der Waals surface area contributed by atoms with E-state index in [1.54, 1.807) is 0 Å². The first-order chi connectivity index (χ1) is 9.34. The summed E-state index contributed by atoms with van der Waals surface area (Å²) >= 11 is 0. The second-order valence-electron chi connectivity index (χ2n) is 4.80.